The van der Waals surface area contributed by atoms with Crippen molar-refractivity contribution >= 4 is 11.8 Å². The van der Waals surface area contributed by atoms with Gasteiger partial charge in [0.25, 0.3) is 0 Å². The number of pyridine rings is 1. The number of amides is 2. The summed E-state index contributed by atoms with van der Waals surface area (Å²) in [4.78, 5) is 29.8. The lowest BCUT2D eigenvalue weighted by atomic mass is 9.75. The van der Waals surface area contributed by atoms with Gasteiger partial charge in [0.05, 0.1) is 25.8 Å². The molecule has 1 saturated heterocycles. The number of ether oxygens (including phenoxy) is 1. The lowest BCUT2D eigenvalue weighted by molar-refractivity contribution is -0.133. The van der Waals surface area contributed by atoms with Crippen molar-refractivity contribution < 1.29 is 19.4 Å². The fraction of sp³-hybridized carbons (Fsp3) is 0.588. The Balaban J connectivity index is 1.67. The first kappa shape index (κ1) is 16.7. The molecule has 1 aromatic heterocycles. The highest BCUT2D eigenvalue weighted by molar-refractivity contribution is 5.86. The molecule has 1 aliphatic heterocycles. The summed E-state index contributed by atoms with van der Waals surface area (Å²) in [5.41, 5.74) is 0.883. The van der Waals surface area contributed by atoms with Gasteiger partial charge in [-0.15, -0.1) is 0 Å². The minimum atomic E-state index is -0.305. The number of nitrogens with one attached hydrogen (secondary N) is 1. The van der Waals surface area contributed by atoms with Crippen molar-refractivity contribution in [3.05, 3.63) is 23.9 Å². The SMILES string of the molecule is COc1ccc([C@H](NC(=O)CN2CCCC2=O)C2CC(O)C2)cn1. The van der Waals surface area contributed by atoms with Crippen LogP contribution in [0.2, 0.25) is 0 Å². The van der Waals surface area contributed by atoms with Gasteiger partial charge in [-0.3, -0.25) is 9.59 Å². The number of carbonyl (C=O) groups is 2. The molecule has 7 heteroatoms. The van der Waals surface area contributed by atoms with Gasteiger partial charge in [-0.05, 0) is 30.7 Å². The molecule has 1 aliphatic carbocycles. The molecule has 2 N–H and O–H groups in total. The molecule has 2 aliphatic rings. The van der Waals surface area contributed by atoms with Crippen LogP contribution in [0, 0.1) is 5.92 Å². The van der Waals surface area contributed by atoms with Crippen molar-refractivity contribution in [3.8, 4) is 5.88 Å². The van der Waals surface area contributed by atoms with Gasteiger partial charge >= 0.3 is 0 Å². The van der Waals surface area contributed by atoms with Crippen molar-refractivity contribution in [3.63, 3.8) is 0 Å². The molecule has 0 bridgehead atoms. The van der Waals surface area contributed by atoms with E-state index in [1.807, 2.05) is 6.07 Å². The summed E-state index contributed by atoms with van der Waals surface area (Å²) >= 11 is 0. The van der Waals surface area contributed by atoms with Crippen molar-refractivity contribution in [2.75, 3.05) is 20.2 Å². The molecule has 0 unspecified atom stereocenters. The first-order chi connectivity index (χ1) is 11.6. The Hall–Kier alpha value is -2.15. The van der Waals surface area contributed by atoms with Gasteiger partial charge < -0.3 is 20.1 Å². The maximum Gasteiger partial charge on any atom is 0.240 e. The highest BCUT2D eigenvalue weighted by atomic mass is 16.5. The fourth-order valence-corrected chi connectivity index (χ4v) is 3.34. The zero-order valence-electron chi connectivity index (χ0n) is 13.8. The van der Waals surface area contributed by atoms with E-state index in [9.17, 15) is 14.7 Å². The first-order valence-electron chi connectivity index (χ1n) is 8.32. The number of likely N-dealkylation sites (tertiary alicyclic amines) is 1. The smallest absolute Gasteiger partial charge is 0.240 e. The molecule has 1 aromatic rings. The zero-order valence-corrected chi connectivity index (χ0v) is 13.8. The summed E-state index contributed by atoms with van der Waals surface area (Å²) in [5, 5.41) is 12.6. The predicted molar refractivity (Wildman–Crippen MR) is 86.2 cm³/mol. The second kappa shape index (κ2) is 7.17. The third-order valence-corrected chi connectivity index (χ3v) is 4.77. The number of aromatic nitrogens is 1. The van der Waals surface area contributed by atoms with E-state index in [0.29, 0.717) is 31.7 Å². The fourth-order valence-electron chi connectivity index (χ4n) is 3.34. The van der Waals surface area contributed by atoms with Gasteiger partial charge in [0, 0.05) is 25.2 Å². The standard InChI is InChI=1S/C17H23N3O4/c1-24-15-5-4-11(9-18-15)17(12-7-13(21)8-12)19-14(22)10-20-6-2-3-16(20)23/h4-5,9,12-13,17,21H,2-3,6-8,10H2,1H3,(H,19,22)/t12?,13?,17-/m0/s1. The van der Waals surface area contributed by atoms with Crippen LogP contribution in [-0.4, -0.2) is 53.1 Å². The van der Waals surface area contributed by atoms with Gasteiger partial charge in [0.2, 0.25) is 17.7 Å². The lowest BCUT2D eigenvalue weighted by Crippen LogP contribution is -2.45. The second-order valence-electron chi connectivity index (χ2n) is 6.48. The number of hydrogen-bond acceptors (Lipinski definition) is 5. The van der Waals surface area contributed by atoms with Gasteiger partial charge in [-0.25, -0.2) is 4.98 Å². The van der Waals surface area contributed by atoms with Gasteiger partial charge in [-0.1, -0.05) is 6.07 Å². The van der Waals surface area contributed by atoms with Crippen molar-refractivity contribution in [1.29, 1.82) is 0 Å². The number of hydrogen-bond donors (Lipinski definition) is 2. The average molecular weight is 333 g/mol. The number of aliphatic hydroxyl groups is 1. The highest BCUT2D eigenvalue weighted by Crippen LogP contribution is 2.38. The van der Waals surface area contributed by atoms with Crippen LogP contribution in [-0.2, 0) is 9.59 Å². The molecule has 0 spiro atoms. The largest absolute Gasteiger partial charge is 0.481 e. The summed E-state index contributed by atoms with van der Waals surface area (Å²) in [6.07, 6.45) is 4.02. The van der Waals surface area contributed by atoms with Crippen molar-refractivity contribution in [2.24, 2.45) is 5.92 Å². The summed E-state index contributed by atoms with van der Waals surface area (Å²) in [7, 11) is 1.55. The predicted octanol–water partition coefficient (Wildman–Crippen LogP) is 0.641. The van der Waals surface area contributed by atoms with E-state index in [0.717, 1.165) is 12.0 Å². The molecule has 1 atom stereocenters. The Morgan fingerprint density at radius 2 is 2.29 bits per heavy atom. The van der Waals surface area contributed by atoms with Crippen LogP contribution in [0.15, 0.2) is 18.3 Å². The Morgan fingerprint density at radius 3 is 2.83 bits per heavy atom. The van der Waals surface area contributed by atoms with Crippen LogP contribution < -0.4 is 10.1 Å². The number of rotatable bonds is 6. The first-order valence-corrected chi connectivity index (χ1v) is 8.32. The summed E-state index contributed by atoms with van der Waals surface area (Å²) in [6, 6.07) is 3.42. The number of aliphatic hydroxyl groups excluding tert-OH is 1. The molecule has 7 nitrogen and oxygen atoms in total. The number of carbonyl (C=O) groups excluding carboxylic acids is 2. The average Bonchev–Trinajstić information content (AvgIpc) is 2.95. The number of nitrogens with zero attached hydrogens (tertiary/aromatic N) is 2. The molecule has 1 saturated carbocycles. The van der Waals surface area contributed by atoms with E-state index < -0.39 is 0 Å². The molecule has 2 fully saturated rings. The maximum atomic E-state index is 12.4. The van der Waals surface area contributed by atoms with Crippen LogP contribution in [0.25, 0.3) is 0 Å². The zero-order chi connectivity index (χ0) is 17.1. The van der Waals surface area contributed by atoms with E-state index in [-0.39, 0.29) is 36.4 Å². The third kappa shape index (κ3) is 3.67. The monoisotopic (exact) mass is 333 g/mol. The van der Waals surface area contributed by atoms with Crippen LogP contribution in [0.3, 0.4) is 0 Å². The molecular weight excluding hydrogens is 310 g/mol. The molecule has 2 amide bonds. The molecule has 24 heavy (non-hydrogen) atoms. The second-order valence-corrected chi connectivity index (χ2v) is 6.48. The Bertz CT molecular complexity index is 598. The summed E-state index contributed by atoms with van der Waals surface area (Å²) in [6.45, 7) is 0.733. The quantitative estimate of drug-likeness (QED) is 0.797. The van der Waals surface area contributed by atoms with Crippen molar-refractivity contribution in [1.82, 2.24) is 15.2 Å². The molecule has 3 rings (SSSR count). The minimum absolute atomic E-state index is 0.0341. The highest BCUT2D eigenvalue weighted by Gasteiger charge is 2.36. The van der Waals surface area contributed by atoms with E-state index in [4.69, 9.17) is 4.74 Å². The van der Waals surface area contributed by atoms with Crippen molar-refractivity contribution in [2.45, 2.75) is 37.8 Å². The lowest BCUT2D eigenvalue weighted by Gasteiger charge is -2.38. The molecule has 0 radical (unpaired) electrons. The molecule has 0 aromatic carbocycles. The van der Waals surface area contributed by atoms with Crippen LogP contribution >= 0.6 is 0 Å². The van der Waals surface area contributed by atoms with Crippen LogP contribution in [0.5, 0.6) is 5.88 Å². The van der Waals surface area contributed by atoms with Gasteiger partial charge in [0.1, 0.15) is 0 Å². The van der Waals surface area contributed by atoms with E-state index in [2.05, 4.69) is 10.3 Å². The topological polar surface area (TPSA) is 91.8 Å². The Labute approximate surface area is 141 Å². The van der Waals surface area contributed by atoms with Crippen LogP contribution in [0.4, 0.5) is 0 Å². The summed E-state index contributed by atoms with van der Waals surface area (Å²) in [5.74, 6) is 0.549. The molecule has 2 heterocycles. The van der Waals surface area contributed by atoms with E-state index in [1.165, 1.54) is 0 Å². The van der Waals surface area contributed by atoms with Gasteiger partial charge in [-0.2, -0.15) is 0 Å². The van der Waals surface area contributed by atoms with Gasteiger partial charge in [0.15, 0.2) is 0 Å². The third-order valence-electron chi connectivity index (χ3n) is 4.77. The minimum Gasteiger partial charge on any atom is -0.481 e. The summed E-state index contributed by atoms with van der Waals surface area (Å²) < 4.78 is 5.07. The molecular formula is C17H23N3O4. The van der Waals surface area contributed by atoms with Crippen LogP contribution in [0.1, 0.15) is 37.3 Å². The van der Waals surface area contributed by atoms with E-state index >= 15 is 0 Å². The normalized spacial score (nSPS) is 24.4. The maximum absolute atomic E-state index is 12.4. The molecule has 130 valence electrons. The number of methoxy groups -OCH3 is 1. The Kier molecular flexibility index (Phi) is 4.99. The Morgan fingerprint density at radius 1 is 1.50 bits per heavy atom. The van der Waals surface area contributed by atoms with E-state index in [1.54, 1.807) is 24.3 Å².